The van der Waals surface area contributed by atoms with Crippen LogP contribution in [0.5, 0.6) is 0 Å². The number of nitrogens with one attached hydrogen (secondary N) is 2. The quantitative estimate of drug-likeness (QED) is 0.470. The van der Waals surface area contributed by atoms with Gasteiger partial charge in [-0.3, -0.25) is 4.79 Å². The SMILES string of the molecule is CC(=O)N[C@@H](Cc1cc(F)cc(F)c1)[C@H](O)CNC1(c2cccc(C(C)(C)C)c2)CCN(C(=O)N(C)C)CC1. The van der Waals surface area contributed by atoms with Gasteiger partial charge in [0.1, 0.15) is 11.6 Å². The highest BCUT2D eigenvalue weighted by atomic mass is 19.1. The molecule has 3 amide bonds. The lowest BCUT2D eigenvalue weighted by molar-refractivity contribution is -0.120. The van der Waals surface area contributed by atoms with E-state index in [1.807, 2.05) is 11.0 Å². The second kappa shape index (κ2) is 12.4. The van der Waals surface area contributed by atoms with Crippen LogP contribution in [-0.2, 0) is 22.2 Å². The molecule has 0 spiro atoms. The third-order valence-electron chi connectivity index (χ3n) is 7.43. The van der Waals surface area contributed by atoms with Crippen molar-refractivity contribution in [3.05, 3.63) is 70.8 Å². The van der Waals surface area contributed by atoms with E-state index < -0.39 is 29.3 Å². The van der Waals surface area contributed by atoms with Gasteiger partial charge in [0.05, 0.1) is 12.1 Å². The van der Waals surface area contributed by atoms with Crippen LogP contribution in [0, 0.1) is 11.6 Å². The van der Waals surface area contributed by atoms with E-state index in [1.165, 1.54) is 24.6 Å². The summed E-state index contributed by atoms with van der Waals surface area (Å²) < 4.78 is 27.6. The second-order valence-corrected chi connectivity index (χ2v) is 11.8. The molecule has 2 aromatic rings. The molecule has 1 aliphatic rings. The first-order valence-electron chi connectivity index (χ1n) is 13.4. The Hall–Kier alpha value is -3.04. The molecule has 0 unspecified atom stereocenters. The second-order valence-electron chi connectivity index (χ2n) is 11.8. The molecule has 7 nitrogen and oxygen atoms in total. The lowest BCUT2D eigenvalue weighted by Crippen LogP contribution is -2.57. The molecular formula is C30H42F2N4O3. The Morgan fingerprint density at radius 3 is 2.23 bits per heavy atom. The summed E-state index contributed by atoms with van der Waals surface area (Å²) in [6.45, 7) is 9.01. The highest BCUT2D eigenvalue weighted by Gasteiger charge is 2.39. The molecule has 9 heteroatoms. The van der Waals surface area contributed by atoms with Gasteiger partial charge >= 0.3 is 6.03 Å². The minimum Gasteiger partial charge on any atom is -0.390 e. The van der Waals surface area contributed by atoms with Gasteiger partial charge in [-0.05, 0) is 53.5 Å². The van der Waals surface area contributed by atoms with Gasteiger partial charge in [-0.1, -0.05) is 45.0 Å². The van der Waals surface area contributed by atoms with Crippen LogP contribution in [-0.4, -0.2) is 72.7 Å². The van der Waals surface area contributed by atoms with Crippen molar-refractivity contribution >= 4 is 11.9 Å². The van der Waals surface area contributed by atoms with Crippen LogP contribution in [0.2, 0.25) is 0 Å². The van der Waals surface area contributed by atoms with Crippen LogP contribution < -0.4 is 10.6 Å². The zero-order valence-electron chi connectivity index (χ0n) is 23.9. The number of likely N-dealkylation sites (tertiary alicyclic amines) is 1. The van der Waals surface area contributed by atoms with Crippen molar-refractivity contribution in [2.24, 2.45) is 0 Å². The van der Waals surface area contributed by atoms with E-state index in [9.17, 15) is 23.5 Å². The first kappa shape index (κ1) is 30.5. The van der Waals surface area contributed by atoms with Crippen LogP contribution in [0.3, 0.4) is 0 Å². The van der Waals surface area contributed by atoms with Gasteiger partial charge in [0, 0.05) is 52.3 Å². The van der Waals surface area contributed by atoms with Gasteiger partial charge in [-0.15, -0.1) is 0 Å². The third kappa shape index (κ3) is 7.99. The average molecular weight is 545 g/mol. The van der Waals surface area contributed by atoms with E-state index in [-0.39, 0.29) is 30.3 Å². The molecule has 1 fully saturated rings. The topological polar surface area (TPSA) is 84.9 Å². The number of carbonyl (C=O) groups is 2. The number of carbonyl (C=O) groups excluding carboxylic acids is 2. The fourth-order valence-corrected chi connectivity index (χ4v) is 5.18. The van der Waals surface area contributed by atoms with Crippen molar-refractivity contribution in [2.75, 3.05) is 33.7 Å². The number of halogens is 2. The molecule has 1 saturated heterocycles. The molecule has 39 heavy (non-hydrogen) atoms. The van der Waals surface area contributed by atoms with Gasteiger partial charge < -0.3 is 25.5 Å². The summed E-state index contributed by atoms with van der Waals surface area (Å²) in [5.74, 6) is -1.77. The molecule has 0 bridgehead atoms. The Labute approximate surface area is 230 Å². The minimum atomic E-state index is -1.04. The summed E-state index contributed by atoms with van der Waals surface area (Å²) in [4.78, 5) is 27.9. The van der Waals surface area contributed by atoms with Crippen LogP contribution in [0.4, 0.5) is 13.6 Å². The molecule has 0 aromatic heterocycles. The molecule has 2 aromatic carbocycles. The van der Waals surface area contributed by atoms with Crippen molar-refractivity contribution in [1.29, 1.82) is 0 Å². The van der Waals surface area contributed by atoms with Gasteiger partial charge in [0.15, 0.2) is 0 Å². The maximum atomic E-state index is 13.8. The normalized spacial score (nSPS) is 16.9. The first-order chi connectivity index (χ1) is 18.2. The summed E-state index contributed by atoms with van der Waals surface area (Å²) >= 11 is 0. The maximum Gasteiger partial charge on any atom is 0.319 e. The highest BCUT2D eigenvalue weighted by molar-refractivity contribution is 5.74. The predicted octanol–water partition coefficient (Wildman–Crippen LogP) is 3.93. The zero-order valence-corrected chi connectivity index (χ0v) is 23.9. The molecule has 1 aliphatic heterocycles. The Kier molecular flexibility index (Phi) is 9.72. The lowest BCUT2D eigenvalue weighted by Gasteiger charge is -2.44. The number of hydrogen-bond donors (Lipinski definition) is 3. The van der Waals surface area contributed by atoms with Crippen molar-refractivity contribution < 1.29 is 23.5 Å². The summed E-state index contributed by atoms with van der Waals surface area (Å²) in [6, 6.07) is 10.8. The average Bonchev–Trinajstić information content (AvgIpc) is 2.85. The molecule has 0 radical (unpaired) electrons. The number of urea groups is 1. The summed E-state index contributed by atoms with van der Waals surface area (Å²) in [7, 11) is 3.47. The number of aliphatic hydroxyl groups excluding tert-OH is 1. The van der Waals surface area contributed by atoms with Crippen molar-refractivity contribution in [2.45, 2.75) is 70.1 Å². The van der Waals surface area contributed by atoms with Crippen LogP contribution in [0.25, 0.3) is 0 Å². The summed E-state index contributed by atoms with van der Waals surface area (Å²) in [5, 5.41) is 17.5. The molecule has 1 heterocycles. The van der Waals surface area contributed by atoms with Crippen LogP contribution in [0.1, 0.15) is 57.2 Å². The number of aliphatic hydroxyl groups is 1. The number of rotatable bonds is 8. The van der Waals surface area contributed by atoms with E-state index in [0.717, 1.165) is 11.6 Å². The monoisotopic (exact) mass is 544 g/mol. The largest absolute Gasteiger partial charge is 0.390 e. The summed E-state index contributed by atoms with van der Waals surface area (Å²) in [6.07, 6.45) is 0.290. The van der Waals surface area contributed by atoms with E-state index in [4.69, 9.17) is 0 Å². The smallest absolute Gasteiger partial charge is 0.319 e. The molecule has 214 valence electrons. The molecule has 3 N–H and O–H groups in total. The number of amides is 3. The lowest BCUT2D eigenvalue weighted by atomic mass is 9.77. The number of nitrogens with zero attached hydrogens (tertiary/aromatic N) is 2. The van der Waals surface area contributed by atoms with E-state index in [1.54, 1.807) is 19.0 Å². The predicted molar refractivity (Wildman–Crippen MR) is 148 cm³/mol. The number of hydrogen-bond acceptors (Lipinski definition) is 4. The van der Waals surface area contributed by atoms with E-state index in [2.05, 4.69) is 49.6 Å². The molecular weight excluding hydrogens is 502 g/mol. The van der Waals surface area contributed by atoms with Crippen molar-refractivity contribution in [3.63, 3.8) is 0 Å². The first-order valence-corrected chi connectivity index (χ1v) is 13.4. The van der Waals surface area contributed by atoms with E-state index >= 15 is 0 Å². The van der Waals surface area contributed by atoms with Gasteiger partial charge in [-0.2, -0.15) is 0 Å². The van der Waals surface area contributed by atoms with E-state index in [0.29, 0.717) is 31.5 Å². The Balaban J connectivity index is 1.86. The van der Waals surface area contributed by atoms with Gasteiger partial charge in [0.25, 0.3) is 0 Å². The Morgan fingerprint density at radius 1 is 1.08 bits per heavy atom. The van der Waals surface area contributed by atoms with Gasteiger partial charge in [-0.25, -0.2) is 13.6 Å². The molecule has 2 atom stereocenters. The van der Waals surface area contributed by atoms with Crippen LogP contribution >= 0.6 is 0 Å². The molecule has 0 aliphatic carbocycles. The fraction of sp³-hybridized carbons (Fsp3) is 0.533. The standard InChI is InChI=1S/C30H42F2N4O3/c1-20(37)34-26(16-21-14-24(31)18-25(32)15-21)27(38)19-33-30(10-12-36(13-11-30)28(39)35(5)6)23-9-7-8-22(17-23)29(2,3)4/h7-9,14-15,17-18,26-27,33,38H,10-13,16,19H2,1-6H3,(H,34,37)/t26-,27+/m0/s1. The maximum absolute atomic E-state index is 13.8. The minimum absolute atomic E-state index is 0.0416. The van der Waals surface area contributed by atoms with Crippen LogP contribution in [0.15, 0.2) is 42.5 Å². The zero-order chi connectivity index (χ0) is 29.0. The molecule has 0 saturated carbocycles. The number of piperidine rings is 1. The third-order valence-corrected chi connectivity index (χ3v) is 7.43. The number of benzene rings is 2. The molecule has 3 rings (SSSR count). The fourth-order valence-electron chi connectivity index (χ4n) is 5.18. The highest BCUT2D eigenvalue weighted by Crippen LogP contribution is 2.36. The van der Waals surface area contributed by atoms with Gasteiger partial charge in [0.2, 0.25) is 5.91 Å². The Morgan fingerprint density at radius 2 is 1.69 bits per heavy atom. The summed E-state index contributed by atoms with van der Waals surface area (Å²) in [5.41, 5.74) is 2.01. The Bertz CT molecular complexity index is 1140. The van der Waals surface area contributed by atoms with Crippen molar-refractivity contribution in [1.82, 2.24) is 20.4 Å². The van der Waals surface area contributed by atoms with Crippen molar-refractivity contribution in [3.8, 4) is 0 Å².